The van der Waals surface area contributed by atoms with Gasteiger partial charge in [-0.05, 0) is 11.0 Å². The van der Waals surface area contributed by atoms with Crippen LogP contribution in [0.25, 0.3) is 0 Å². The predicted molar refractivity (Wildman–Crippen MR) is 70.0 cm³/mol. The molecular weight excluding hydrogens is 287 g/mol. The Hall–Kier alpha value is -2.31. The first-order chi connectivity index (χ1) is 9.93. The van der Waals surface area contributed by atoms with E-state index in [1.165, 1.54) is 0 Å². The lowest BCUT2D eigenvalue weighted by Gasteiger charge is -2.10. The molecule has 2 rings (SSSR count). The molecule has 0 amide bonds. The molecule has 0 radical (unpaired) electrons. The summed E-state index contributed by atoms with van der Waals surface area (Å²) in [7, 11) is 0.871. The zero-order chi connectivity index (χ0) is 15.6. The Labute approximate surface area is 118 Å². The molecule has 0 unspecified atom stereocenters. The predicted octanol–water partition coefficient (Wildman–Crippen LogP) is 1.86. The minimum Gasteiger partial charge on any atom is -0.457 e. The average molecular weight is 296 g/mol. The minimum absolute atomic E-state index is 0.268. The lowest BCUT2D eigenvalue weighted by molar-refractivity contribution is 0.0459. The Morgan fingerprint density at radius 1 is 0.952 bits per heavy atom. The third kappa shape index (κ3) is 2.91. The molecule has 0 aliphatic rings. The van der Waals surface area contributed by atoms with Crippen LogP contribution >= 0.6 is 0 Å². The fourth-order valence-electron chi connectivity index (χ4n) is 1.72. The van der Waals surface area contributed by atoms with Crippen molar-refractivity contribution < 1.29 is 27.1 Å². The Morgan fingerprint density at radius 2 is 1.48 bits per heavy atom. The van der Waals surface area contributed by atoms with Crippen molar-refractivity contribution in [2.75, 3.05) is 0 Å². The van der Waals surface area contributed by atoms with Gasteiger partial charge in [0.2, 0.25) is 0 Å². The van der Waals surface area contributed by atoms with Crippen molar-refractivity contribution >= 4 is 19.3 Å². The SMILES string of the molecule is Bc1c(F)c(F)c(C(=O)OCc2ccccc2)c(F)c1F. The van der Waals surface area contributed by atoms with E-state index in [2.05, 4.69) is 4.74 Å². The highest BCUT2D eigenvalue weighted by atomic mass is 19.2. The molecule has 21 heavy (non-hydrogen) atoms. The van der Waals surface area contributed by atoms with Crippen molar-refractivity contribution in [2.24, 2.45) is 0 Å². The van der Waals surface area contributed by atoms with E-state index < -0.39 is 40.3 Å². The van der Waals surface area contributed by atoms with E-state index in [9.17, 15) is 22.4 Å². The zero-order valence-electron chi connectivity index (χ0n) is 10.9. The number of benzene rings is 2. The van der Waals surface area contributed by atoms with Gasteiger partial charge in [-0.25, -0.2) is 22.4 Å². The number of hydrogen-bond acceptors (Lipinski definition) is 2. The Balaban J connectivity index is 2.28. The first-order valence-electron chi connectivity index (χ1n) is 5.97. The Kier molecular flexibility index (Phi) is 4.30. The summed E-state index contributed by atoms with van der Waals surface area (Å²) < 4.78 is 58.6. The van der Waals surface area contributed by atoms with Crippen molar-refractivity contribution in [3.63, 3.8) is 0 Å². The van der Waals surface area contributed by atoms with Gasteiger partial charge in [0.15, 0.2) is 23.3 Å². The van der Waals surface area contributed by atoms with E-state index in [-0.39, 0.29) is 6.61 Å². The van der Waals surface area contributed by atoms with Crippen LogP contribution in [0.3, 0.4) is 0 Å². The highest BCUT2D eigenvalue weighted by molar-refractivity contribution is 6.32. The molecule has 2 nitrogen and oxygen atoms in total. The first kappa shape index (κ1) is 15.1. The largest absolute Gasteiger partial charge is 0.457 e. The van der Waals surface area contributed by atoms with E-state index in [0.29, 0.717) is 5.56 Å². The second-order valence-corrected chi connectivity index (χ2v) is 4.32. The lowest BCUT2D eigenvalue weighted by Crippen LogP contribution is -2.23. The fourth-order valence-corrected chi connectivity index (χ4v) is 1.72. The van der Waals surface area contributed by atoms with Gasteiger partial charge >= 0.3 is 5.97 Å². The number of esters is 1. The van der Waals surface area contributed by atoms with Crippen molar-refractivity contribution in [2.45, 2.75) is 6.61 Å². The van der Waals surface area contributed by atoms with E-state index in [4.69, 9.17) is 0 Å². The highest BCUT2D eigenvalue weighted by Gasteiger charge is 2.28. The number of halogens is 4. The molecule has 0 atom stereocenters. The fraction of sp³-hybridized carbons (Fsp3) is 0.0714. The first-order valence-corrected chi connectivity index (χ1v) is 5.97. The second-order valence-electron chi connectivity index (χ2n) is 4.32. The summed E-state index contributed by atoms with van der Waals surface area (Å²) in [5.41, 5.74) is -1.63. The van der Waals surface area contributed by atoms with Crippen LogP contribution in [0.15, 0.2) is 30.3 Å². The monoisotopic (exact) mass is 296 g/mol. The molecule has 0 aliphatic carbocycles. The molecule has 7 heteroatoms. The third-order valence-corrected chi connectivity index (χ3v) is 2.90. The molecule has 0 heterocycles. The number of carbonyl (C=O) groups excluding carboxylic acids is 1. The summed E-state index contributed by atoms with van der Waals surface area (Å²) in [5.74, 6) is -8.21. The van der Waals surface area contributed by atoms with Crippen LogP contribution in [0.4, 0.5) is 17.6 Å². The molecule has 0 N–H and O–H groups in total. The van der Waals surface area contributed by atoms with Gasteiger partial charge < -0.3 is 4.74 Å². The van der Waals surface area contributed by atoms with Crippen molar-refractivity contribution in [3.8, 4) is 0 Å². The van der Waals surface area contributed by atoms with Gasteiger partial charge in [-0.2, -0.15) is 0 Å². The Morgan fingerprint density at radius 3 is 2.00 bits per heavy atom. The normalized spacial score (nSPS) is 10.5. The molecule has 0 bridgehead atoms. The summed E-state index contributed by atoms with van der Waals surface area (Å²) in [6, 6.07) is 8.33. The van der Waals surface area contributed by atoms with Crippen LogP contribution in [0, 0.1) is 23.3 Å². The second kappa shape index (κ2) is 5.99. The minimum atomic E-state index is -1.76. The van der Waals surface area contributed by atoms with Crippen molar-refractivity contribution in [1.29, 1.82) is 0 Å². The van der Waals surface area contributed by atoms with Gasteiger partial charge in [0.25, 0.3) is 0 Å². The van der Waals surface area contributed by atoms with Crippen LogP contribution in [-0.2, 0) is 11.3 Å². The van der Waals surface area contributed by atoms with Crippen LogP contribution in [-0.4, -0.2) is 13.8 Å². The molecule has 0 aromatic heterocycles. The number of ether oxygens (including phenoxy) is 1. The van der Waals surface area contributed by atoms with Crippen molar-refractivity contribution in [1.82, 2.24) is 0 Å². The third-order valence-electron chi connectivity index (χ3n) is 2.90. The summed E-state index contributed by atoms with van der Waals surface area (Å²) in [4.78, 5) is 11.6. The topological polar surface area (TPSA) is 26.3 Å². The van der Waals surface area contributed by atoms with Gasteiger partial charge in [0, 0.05) is 0 Å². The van der Waals surface area contributed by atoms with E-state index in [1.807, 2.05) is 0 Å². The maximum atomic E-state index is 13.6. The molecule has 0 saturated carbocycles. The summed E-state index contributed by atoms with van der Waals surface area (Å²) >= 11 is 0. The standard InChI is InChI=1S/C14H9BF4O2/c15-9-12(18)10(16)8(11(17)13(9)19)14(20)21-6-7-4-2-1-3-5-7/h1-5H,6,15H2. The number of carbonyl (C=O) groups is 1. The maximum Gasteiger partial charge on any atom is 0.344 e. The van der Waals surface area contributed by atoms with Gasteiger partial charge in [-0.1, -0.05) is 30.3 Å². The molecule has 0 fully saturated rings. The Bertz CT molecular complexity index is 660. The summed E-state index contributed by atoms with van der Waals surface area (Å²) in [6.45, 7) is -0.268. The quantitative estimate of drug-likeness (QED) is 0.374. The molecular formula is C14H9BF4O2. The molecule has 2 aromatic carbocycles. The summed E-state index contributed by atoms with van der Waals surface area (Å²) in [5, 5.41) is 0. The molecule has 108 valence electrons. The van der Waals surface area contributed by atoms with Crippen LogP contribution in [0.1, 0.15) is 15.9 Å². The van der Waals surface area contributed by atoms with Crippen LogP contribution < -0.4 is 5.46 Å². The maximum absolute atomic E-state index is 13.6. The molecule has 0 aliphatic heterocycles. The van der Waals surface area contributed by atoms with Gasteiger partial charge in [0.1, 0.15) is 20.0 Å². The smallest absolute Gasteiger partial charge is 0.344 e. The van der Waals surface area contributed by atoms with Crippen molar-refractivity contribution in [3.05, 3.63) is 64.7 Å². The van der Waals surface area contributed by atoms with E-state index >= 15 is 0 Å². The van der Waals surface area contributed by atoms with E-state index in [0.717, 1.165) is 7.85 Å². The molecule has 0 saturated heterocycles. The van der Waals surface area contributed by atoms with E-state index in [1.54, 1.807) is 30.3 Å². The zero-order valence-corrected chi connectivity index (χ0v) is 10.9. The number of rotatable bonds is 3. The lowest BCUT2D eigenvalue weighted by atomic mass is 9.92. The number of hydrogen-bond donors (Lipinski definition) is 0. The summed E-state index contributed by atoms with van der Waals surface area (Å²) in [6.07, 6.45) is 0. The van der Waals surface area contributed by atoms with Gasteiger partial charge in [-0.15, -0.1) is 0 Å². The molecule has 2 aromatic rings. The highest BCUT2D eigenvalue weighted by Crippen LogP contribution is 2.19. The van der Waals surface area contributed by atoms with Crippen LogP contribution in [0.2, 0.25) is 0 Å². The van der Waals surface area contributed by atoms with Crippen LogP contribution in [0.5, 0.6) is 0 Å². The van der Waals surface area contributed by atoms with Gasteiger partial charge in [0.05, 0.1) is 0 Å². The molecule has 0 spiro atoms. The average Bonchev–Trinajstić information content (AvgIpc) is 2.50. The van der Waals surface area contributed by atoms with Gasteiger partial charge in [-0.3, -0.25) is 0 Å².